The Morgan fingerprint density at radius 2 is 2.00 bits per heavy atom. The Morgan fingerprint density at radius 1 is 1.25 bits per heavy atom. The maximum absolute atomic E-state index is 5.71. The first kappa shape index (κ1) is 14.0. The van der Waals surface area contributed by atoms with Gasteiger partial charge in [0.15, 0.2) is 5.82 Å². The summed E-state index contributed by atoms with van der Waals surface area (Å²) in [5, 5.41) is 3.45. The second-order valence-electron chi connectivity index (χ2n) is 7.08. The van der Waals surface area contributed by atoms with Gasteiger partial charge in [-0.3, -0.25) is 0 Å². The zero-order valence-electron chi connectivity index (χ0n) is 13.0. The van der Waals surface area contributed by atoms with Crippen molar-refractivity contribution in [2.75, 3.05) is 13.7 Å². The van der Waals surface area contributed by atoms with Crippen molar-refractivity contribution in [1.29, 1.82) is 0 Å². The molecule has 2 heterocycles. The maximum atomic E-state index is 5.71. The standard InChI is InChI=1S/C16H25N3O/c1-16(2,3)14(20-4)15-18-12-7-8-17-9-11(12)13(19-15)10-5-6-10/h10,14,17H,5-9H2,1-4H3. The SMILES string of the molecule is COC(c1nc2c(c(C3CC3)n1)CNCC2)C(C)(C)C. The van der Waals surface area contributed by atoms with E-state index in [-0.39, 0.29) is 11.5 Å². The van der Waals surface area contributed by atoms with Crippen LogP contribution in [0.2, 0.25) is 0 Å². The fourth-order valence-electron chi connectivity index (χ4n) is 3.05. The molecule has 2 aliphatic rings. The van der Waals surface area contributed by atoms with E-state index in [1.54, 1.807) is 7.11 Å². The van der Waals surface area contributed by atoms with Gasteiger partial charge < -0.3 is 10.1 Å². The third kappa shape index (κ3) is 2.59. The van der Waals surface area contributed by atoms with Crippen molar-refractivity contribution in [2.24, 2.45) is 5.41 Å². The van der Waals surface area contributed by atoms with Gasteiger partial charge in [-0.05, 0) is 18.3 Å². The van der Waals surface area contributed by atoms with E-state index in [0.717, 1.165) is 25.3 Å². The van der Waals surface area contributed by atoms with Gasteiger partial charge in [0.2, 0.25) is 0 Å². The molecule has 1 aromatic heterocycles. The van der Waals surface area contributed by atoms with Gasteiger partial charge in [0.05, 0.1) is 11.4 Å². The van der Waals surface area contributed by atoms with Gasteiger partial charge in [-0.25, -0.2) is 9.97 Å². The first-order valence-electron chi connectivity index (χ1n) is 7.64. The lowest BCUT2D eigenvalue weighted by molar-refractivity contribution is 0.00827. The highest BCUT2D eigenvalue weighted by atomic mass is 16.5. The highest BCUT2D eigenvalue weighted by Gasteiger charge is 2.34. The Morgan fingerprint density at radius 3 is 2.60 bits per heavy atom. The normalized spacial score (nSPS) is 20.6. The molecule has 1 fully saturated rings. The van der Waals surface area contributed by atoms with Crippen LogP contribution in [0, 0.1) is 5.41 Å². The molecule has 1 saturated carbocycles. The molecular formula is C16H25N3O. The minimum absolute atomic E-state index is 0.0106. The fraction of sp³-hybridized carbons (Fsp3) is 0.750. The lowest BCUT2D eigenvalue weighted by atomic mass is 9.88. The summed E-state index contributed by atoms with van der Waals surface area (Å²) in [6.45, 7) is 8.49. The van der Waals surface area contributed by atoms with E-state index in [0.29, 0.717) is 5.92 Å². The molecule has 1 unspecified atom stereocenters. The molecule has 0 radical (unpaired) electrons. The molecule has 0 amide bonds. The van der Waals surface area contributed by atoms with Crippen LogP contribution in [0.3, 0.4) is 0 Å². The minimum atomic E-state index is -0.0415. The number of nitrogens with one attached hydrogen (secondary N) is 1. The predicted molar refractivity (Wildman–Crippen MR) is 78.6 cm³/mol. The number of methoxy groups -OCH3 is 1. The van der Waals surface area contributed by atoms with Gasteiger partial charge in [0.1, 0.15) is 6.10 Å². The van der Waals surface area contributed by atoms with E-state index in [2.05, 4.69) is 26.1 Å². The lowest BCUT2D eigenvalue weighted by Crippen LogP contribution is -2.29. The summed E-state index contributed by atoms with van der Waals surface area (Å²) in [4.78, 5) is 9.76. The van der Waals surface area contributed by atoms with Crippen molar-refractivity contribution in [3.8, 4) is 0 Å². The molecular weight excluding hydrogens is 250 g/mol. The lowest BCUT2D eigenvalue weighted by Gasteiger charge is -2.30. The van der Waals surface area contributed by atoms with Crippen LogP contribution in [-0.4, -0.2) is 23.6 Å². The summed E-state index contributed by atoms with van der Waals surface area (Å²) in [6.07, 6.45) is 3.51. The van der Waals surface area contributed by atoms with Crippen LogP contribution < -0.4 is 5.32 Å². The molecule has 1 aromatic rings. The topological polar surface area (TPSA) is 47.0 Å². The maximum Gasteiger partial charge on any atom is 0.158 e. The summed E-state index contributed by atoms with van der Waals surface area (Å²) in [6, 6.07) is 0. The van der Waals surface area contributed by atoms with Crippen LogP contribution in [0.5, 0.6) is 0 Å². The quantitative estimate of drug-likeness (QED) is 0.921. The van der Waals surface area contributed by atoms with Gasteiger partial charge in [-0.1, -0.05) is 20.8 Å². The highest BCUT2D eigenvalue weighted by molar-refractivity contribution is 5.33. The number of rotatable bonds is 3. The highest BCUT2D eigenvalue weighted by Crippen LogP contribution is 2.43. The number of hydrogen-bond donors (Lipinski definition) is 1. The minimum Gasteiger partial charge on any atom is -0.373 e. The van der Waals surface area contributed by atoms with E-state index >= 15 is 0 Å². The van der Waals surface area contributed by atoms with E-state index in [4.69, 9.17) is 14.7 Å². The largest absolute Gasteiger partial charge is 0.373 e. The molecule has 4 heteroatoms. The average molecular weight is 275 g/mol. The van der Waals surface area contributed by atoms with Crippen molar-refractivity contribution in [2.45, 2.75) is 58.6 Å². The van der Waals surface area contributed by atoms with Crippen LogP contribution in [0.15, 0.2) is 0 Å². The number of nitrogens with zero attached hydrogens (tertiary/aromatic N) is 2. The zero-order valence-corrected chi connectivity index (χ0v) is 13.0. The first-order chi connectivity index (χ1) is 9.50. The summed E-state index contributed by atoms with van der Waals surface area (Å²) in [7, 11) is 1.76. The van der Waals surface area contributed by atoms with Crippen molar-refractivity contribution >= 4 is 0 Å². The van der Waals surface area contributed by atoms with Gasteiger partial charge in [0.25, 0.3) is 0 Å². The molecule has 0 saturated heterocycles. The zero-order chi connectivity index (χ0) is 14.3. The smallest absolute Gasteiger partial charge is 0.158 e. The molecule has 1 aliphatic heterocycles. The molecule has 1 N–H and O–H groups in total. The van der Waals surface area contributed by atoms with Crippen molar-refractivity contribution < 1.29 is 4.74 Å². The molecule has 3 rings (SSSR count). The number of hydrogen-bond acceptors (Lipinski definition) is 4. The third-order valence-corrected chi connectivity index (χ3v) is 4.20. The van der Waals surface area contributed by atoms with Crippen molar-refractivity contribution in [1.82, 2.24) is 15.3 Å². The first-order valence-corrected chi connectivity index (χ1v) is 7.64. The molecule has 0 bridgehead atoms. The molecule has 4 nitrogen and oxygen atoms in total. The Hall–Kier alpha value is -1.00. The second kappa shape index (κ2) is 5.08. The van der Waals surface area contributed by atoms with Crippen LogP contribution in [0.25, 0.3) is 0 Å². The number of aromatic nitrogens is 2. The predicted octanol–water partition coefficient (Wildman–Crippen LogP) is 2.73. The Labute approximate surface area is 121 Å². The van der Waals surface area contributed by atoms with E-state index in [1.807, 2.05) is 0 Å². The van der Waals surface area contributed by atoms with Crippen molar-refractivity contribution in [3.63, 3.8) is 0 Å². The number of fused-ring (bicyclic) bond motifs is 1. The summed E-state index contributed by atoms with van der Waals surface area (Å²) in [5.41, 5.74) is 3.88. The summed E-state index contributed by atoms with van der Waals surface area (Å²) < 4.78 is 5.71. The van der Waals surface area contributed by atoms with Crippen LogP contribution in [0.1, 0.15) is 68.4 Å². The number of ether oxygens (including phenoxy) is 1. The third-order valence-electron chi connectivity index (χ3n) is 4.20. The van der Waals surface area contributed by atoms with E-state index < -0.39 is 0 Å². The van der Waals surface area contributed by atoms with E-state index in [1.165, 1.54) is 29.8 Å². The van der Waals surface area contributed by atoms with Crippen LogP contribution in [0.4, 0.5) is 0 Å². The van der Waals surface area contributed by atoms with Crippen molar-refractivity contribution in [3.05, 3.63) is 22.8 Å². The van der Waals surface area contributed by atoms with Crippen LogP contribution in [-0.2, 0) is 17.7 Å². The fourth-order valence-corrected chi connectivity index (χ4v) is 3.05. The second-order valence-corrected chi connectivity index (χ2v) is 7.08. The Bertz CT molecular complexity index is 503. The molecule has 110 valence electrons. The molecule has 1 aliphatic carbocycles. The molecule has 0 spiro atoms. The molecule has 1 atom stereocenters. The Balaban J connectivity index is 2.05. The average Bonchev–Trinajstić information content (AvgIpc) is 3.21. The van der Waals surface area contributed by atoms with Gasteiger partial charge in [0, 0.05) is 38.1 Å². The van der Waals surface area contributed by atoms with Crippen LogP contribution >= 0.6 is 0 Å². The van der Waals surface area contributed by atoms with E-state index in [9.17, 15) is 0 Å². The van der Waals surface area contributed by atoms with Gasteiger partial charge in [-0.15, -0.1) is 0 Å². The van der Waals surface area contributed by atoms with Gasteiger partial charge in [-0.2, -0.15) is 0 Å². The molecule has 0 aromatic carbocycles. The summed E-state index contributed by atoms with van der Waals surface area (Å²) in [5.74, 6) is 1.53. The summed E-state index contributed by atoms with van der Waals surface area (Å²) >= 11 is 0. The molecule has 20 heavy (non-hydrogen) atoms. The van der Waals surface area contributed by atoms with Gasteiger partial charge >= 0.3 is 0 Å². The Kier molecular flexibility index (Phi) is 3.55. The monoisotopic (exact) mass is 275 g/mol.